The maximum absolute atomic E-state index is 13.2. The fraction of sp³-hybridized carbons (Fsp3) is 0.200. The van der Waals surface area contributed by atoms with E-state index < -0.39 is 11.4 Å². The highest BCUT2D eigenvalue weighted by Crippen LogP contribution is 2.31. The number of rotatable bonds is 3. The van der Waals surface area contributed by atoms with E-state index >= 15 is 0 Å². The molecule has 0 heterocycles. The molecule has 0 saturated carbocycles. The molecule has 19 heavy (non-hydrogen) atoms. The van der Waals surface area contributed by atoms with Gasteiger partial charge in [0, 0.05) is 17.0 Å². The molecule has 0 bridgehead atoms. The van der Waals surface area contributed by atoms with E-state index in [4.69, 9.17) is 11.6 Å². The summed E-state index contributed by atoms with van der Waals surface area (Å²) in [5, 5.41) is 10.8. The molecule has 2 rings (SSSR count). The molecule has 0 aromatic heterocycles. The van der Waals surface area contributed by atoms with Gasteiger partial charge >= 0.3 is 0 Å². The molecule has 0 amide bonds. The van der Waals surface area contributed by atoms with E-state index in [0.717, 1.165) is 5.56 Å². The first kappa shape index (κ1) is 14.0. The molecule has 2 aromatic rings. The summed E-state index contributed by atoms with van der Waals surface area (Å²) in [5.41, 5.74) is -0.262. The Morgan fingerprint density at radius 2 is 1.63 bits per heavy atom. The first-order valence-corrected chi connectivity index (χ1v) is 6.19. The van der Waals surface area contributed by atoms with Gasteiger partial charge in [0.15, 0.2) is 0 Å². The smallest absolute Gasteiger partial charge is 0.123 e. The molecule has 0 radical (unpaired) electrons. The van der Waals surface area contributed by atoms with Crippen molar-refractivity contribution in [1.29, 1.82) is 0 Å². The van der Waals surface area contributed by atoms with Crippen LogP contribution < -0.4 is 0 Å². The van der Waals surface area contributed by atoms with Gasteiger partial charge in [-0.05, 0) is 42.8 Å². The van der Waals surface area contributed by atoms with Crippen molar-refractivity contribution in [2.75, 3.05) is 0 Å². The molecule has 4 heteroatoms. The Balaban J connectivity index is 2.31. The Kier molecular flexibility index (Phi) is 3.88. The summed E-state index contributed by atoms with van der Waals surface area (Å²) in [7, 11) is 0. The van der Waals surface area contributed by atoms with E-state index in [1.165, 1.54) is 30.3 Å². The zero-order valence-corrected chi connectivity index (χ0v) is 11.1. The lowest BCUT2D eigenvalue weighted by Gasteiger charge is -2.25. The molecule has 0 aliphatic carbocycles. The van der Waals surface area contributed by atoms with E-state index in [1.54, 1.807) is 19.1 Å². The zero-order valence-electron chi connectivity index (χ0n) is 10.3. The van der Waals surface area contributed by atoms with Crippen molar-refractivity contribution < 1.29 is 13.9 Å². The van der Waals surface area contributed by atoms with Gasteiger partial charge in [-0.1, -0.05) is 23.7 Å². The highest BCUT2D eigenvalue weighted by atomic mass is 35.5. The zero-order chi connectivity index (χ0) is 14.0. The van der Waals surface area contributed by atoms with E-state index in [2.05, 4.69) is 0 Å². The van der Waals surface area contributed by atoms with E-state index in [-0.39, 0.29) is 12.2 Å². The normalized spacial score (nSPS) is 14.2. The highest BCUT2D eigenvalue weighted by Gasteiger charge is 2.26. The van der Waals surface area contributed by atoms with E-state index in [0.29, 0.717) is 10.6 Å². The minimum atomic E-state index is -1.32. The van der Waals surface area contributed by atoms with Crippen molar-refractivity contribution in [3.8, 4) is 0 Å². The van der Waals surface area contributed by atoms with Crippen molar-refractivity contribution in [2.45, 2.75) is 18.9 Å². The summed E-state index contributed by atoms with van der Waals surface area (Å²) >= 11 is 5.99. The summed E-state index contributed by atoms with van der Waals surface area (Å²) < 4.78 is 26.1. The van der Waals surface area contributed by atoms with Gasteiger partial charge in [-0.2, -0.15) is 0 Å². The van der Waals surface area contributed by atoms with Crippen LogP contribution in [0.25, 0.3) is 0 Å². The molecule has 2 aromatic carbocycles. The van der Waals surface area contributed by atoms with Crippen LogP contribution in [0.4, 0.5) is 8.78 Å². The molecule has 0 fully saturated rings. The maximum Gasteiger partial charge on any atom is 0.123 e. The lowest BCUT2D eigenvalue weighted by atomic mass is 9.89. The van der Waals surface area contributed by atoms with Gasteiger partial charge in [0.2, 0.25) is 0 Å². The quantitative estimate of drug-likeness (QED) is 0.900. The number of benzene rings is 2. The summed E-state index contributed by atoms with van der Waals surface area (Å²) in [6.45, 7) is 1.55. The fourth-order valence-electron chi connectivity index (χ4n) is 2.01. The average Bonchev–Trinajstić information content (AvgIpc) is 2.35. The molecule has 0 saturated heterocycles. The predicted octanol–water partition coefficient (Wildman–Crippen LogP) is 4.07. The van der Waals surface area contributed by atoms with Crippen LogP contribution in [0.1, 0.15) is 18.1 Å². The van der Waals surface area contributed by atoms with Crippen molar-refractivity contribution in [2.24, 2.45) is 0 Å². The Morgan fingerprint density at radius 1 is 1.05 bits per heavy atom. The molecule has 0 aliphatic heterocycles. The molecule has 1 N–H and O–H groups in total. The first-order chi connectivity index (χ1) is 8.88. The number of hydrogen-bond donors (Lipinski definition) is 1. The molecular formula is C15H13ClF2O. The molecule has 100 valence electrons. The van der Waals surface area contributed by atoms with Gasteiger partial charge in [-0.3, -0.25) is 0 Å². The van der Waals surface area contributed by atoms with Crippen LogP contribution in [-0.4, -0.2) is 5.11 Å². The van der Waals surface area contributed by atoms with Crippen LogP contribution in [0.3, 0.4) is 0 Å². The Labute approximate surface area is 115 Å². The summed E-state index contributed by atoms with van der Waals surface area (Å²) in [6, 6.07) is 9.65. The van der Waals surface area contributed by atoms with Crippen molar-refractivity contribution in [3.63, 3.8) is 0 Å². The van der Waals surface area contributed by atoms with E-state index in [9.17, 15) is 13.9 Å². The van der Waals surface area contributed by atoms with Gasteiger partial charge < -0.3 is 5.11 Å². The van der Waals surface area contributed by atoms with Gasteiger partial charge in [0.05, 0.1) is 5.60 Å². The Bertz CT molecular complexity index is 579. The third kappa shape index (κ3) is 3.31. The van der Waals surface area contributed by atoms with Crippen LogP contribution >= 0.6 is 11.6 Å². The summed E-state index contributed by atoms with van der Waals surface area (Å²) in [5.74, 6) is -0.800. The molecule has 0 spiro atoms. The standard InChI is InChI=1S/C15H13ClF2O/c1-15(19,9-10-2-4-11(17)5-3-10)13-8-12(18)6-7-14(13)16/h2-8,19H,9H2,1H3. The largest absolute Gasteiger partial charge is 0.385 e. The van der Waals surface area contributed by atoms with Gasteiger partial charge in [-0.15, -0.1) is 0 Å². The Morgan fingerprint density at radius 3 is 2.26 bits per heavy atom. The third-order valence-corrected chi connectivity index (χ3v) is 3.30. The Hall–Kier alpha value is -1.45. The number of halogens is 3. The molecule has 0 aliphatic rings. The third-order valence-electron chi connectivity index (χ3n) is 2.97. The monoisotopic (exact) mass is 282 g/mol. The van der Waals surface area contributed by atoms with Crippen LogP contribution in [0.15, 0.2) is 42.5 Å². The van der Waals surface area contributed by atoms with Gasteiger partial charge in [-0.25, -0.2) is 8.78 Å². The molecule has 1 nitrogen and oxygen atoms in total. The highest BCUT2D eigenvalue weighted by molar-refractivity contribution is 6.31. The predicted molar refractivity (Wildman–Crippen MR) is 71.1 cm³/mol. The molecule has 1 atom stereocenters. The molecular weight excluding hydrogens is 270 g/mol. The second kappa shape index (κ2) is 5.27. The van der Waals surface area contributed by atoms with Crippen LogP contribution in [-0.2, 0) is 12.0 Å². The van der Waals surface area contributed by atoms with Crippen LogP contribution in [0, 0.1) is 11.6 Å². The molecule has 1 unspecified atom stereocenters. The summed E-state index contributed by atoms with van der Waals surface area (Å²) in [6.07, 6.45) is 0.219. The minimum absolute atomic E-state index is 0.219. The number of aliphatic hydroxyl groups is 1. The lowest BCUT2D eigenvalue weighted by molar-refractivity contribution is 0.0574. The fourth-order valence-corrected chi connectivity index (χ4v) is 2.33. The van der Waals surface area contributed by atoms with Crippen molar-refractivity contribution in [3.05, 3.63) is 70.2 Å². The minimum Gasteiger partial charge on any atom is -0.385 e. The second-order valence-corrected chi connectivity index (χ2v) is 5.11. The lowest BCUT2D eigenvalue weighted by Crippen LogP contribution is -2.25. The van der Waals surface area contributed by atoms with Gasteiger partial charge in [0.25, 0.3) is 0 Å². The van der Waals surface area contributed by atoms with E-state index in [1.807, 2.05) is 0 Å². The average molecular weight is 283 g/mol. The summed E-state index contributed by atoms with van der Waals surface area (Å²) in [4.78, 5) is 0. The maximum atomic E-state index is 13.2. The number of hydrogen-bond acceptors (Lipinski definition) is 1. The van der Waals surface area contributed by atoms with Crippen LogP contribution in [0.2, 0.25) is 5.02 Å². The SMILES string of the molecule is CC(O)(Cc1ccc(F)cc1)c1cc(F)ccc1Cl. The first-order valence-electron chi connectivity index (χ1n) is 5.81. The van der Waals surface area contributed by atoms with Crippen molar-refractivity contribution >= 4 is 11.6 Å². The topological polar surface area (TPSA) is 20.2 Å². The second-order valence-electron chi connectivity index (χ2n) is 4.70. The van der Waals surface area contributed by atoms with Crippen molar-refractivity contribution in [1.82, 2.24) is 0 Å². The van der Waals surface area contributed by atoms with Crippen LogP contribution in [0.5, 0.6) is 0 Å². The van der Waals surface area contributed by atoms with Gasteiger partial charge in [0.1, 0.15) is 11.6 Å².